The zero-order valence-corrected chi connectivity index (χ0v) is 20.4. The van der Waals surface area contributed by atoms with Crippen molar-refractivity contribution < 1.29 is 9.36 Å². The van der Waals surface area contributed by atoms with Crippen molar-refractivity contribution in [2.45, 2.75) is 106 Å². The summed E-state index contributed by atoms with van der Waals surface area (Å²) in [6.07, 6.45) is 7.52. The first kappa shape index (κ1) is 25.0. The molecule has 28 heavy (non-hydrogen) atoms. The van der Waals surface area contributed by atoms with Crippen molar-refractivity contribution >= 4 is 13.3 Å². The molecule has 3 unspecified atom stereocenters. The zero-order chi connectivity index (χ0) is 21.5. The fourth-order valence-electron chi connectivity index (χ4n) is 4.52. The van der Waals surface area contributed by atoms with Gasteiger partial charge in [0.05, 0.1) is 0 Å². The molecule has 1 rings (SSSR count). The topological polar surface area (TPSA) is 34.1 Å². The van der Waals surface area contributed by atoms with E-state index in [0.29, 0.717) is 11.5 Å². The molecule has 0 aliphatic heterocycles. The van der Waals surface area contributed by atoms with E-state index in [4.69, 9.17) is 0 Å². The number of carbonyl (C=O) groups is 1. The van der Waals surface area contributed by atoms with Gasteiger partial charge in [-0.15, -0.1) is 0 Å². The summed E-state index contributed by atoms with van der Waals surface area (Å²) in [6.45, 7) is 17.2. The van der Waals surface area contributed by atoms with Crippen molar-refractivity contribution in [1.29, 1.82) is 0 Å². The van der Waals surface area contributed by atoms with Crippen LogP contribution in [0.15, 0.2) is 12.1 Å². The highest BCUT2D eigenvalue weighted by Gasteiger charge is 2.29. The average Bonchev–Trinajstić information content (AvgIpc) is 2.54. The molecule has 1 aromatic rings. The Balaban J connectivity index is 3.00. The second kappa shape index (κ2) is 11.2. The van der Waals surface area contributed by atoms with E-state index < -0.39 is 7.80 Å². The van der Waals surface area contributed by atoms with Gasteiger partial charge in [0.25, 0.3) is 0 Å². The van der Waals surface area contributed by atoms with Gasteiger partial charge in [0, 0.05) is 11.2 Å². The molecule has 0 bridgehead atoms. The number of unbranched alkanes of at least 4 members (excludes halogenated alkanes) is 3. The molecular weight excluding hydrogens is 363 g/mol. The highest BCUT2D eigenvalue weighted by molar-refractivity contribution is 7.65. The standard InChI is InChI=1S/C25H42O2P/c1-9-10-11-12-13-22(16-19(3)17-25(6,7)8)28(27)24(26)23-20(4)14-18(2)15-21(23)5/h14-15,19,22H,9-13,16-17H2,1-8H3. The Bertz CT molecular complexity index is 647. The zero-order valence-electron chi connectivity index (χ0n) is 19.5. The Labute approximate surface area is 174 Å². The summed E-state index contributed by atoms with van der Waals surface area (Å²) in [4.78, 5) is 13.2. The third-order valence-electron chi connectivity index (χ3n) is 5.45. The molecule has 159 valence electrons. The molecule has 0 spiro atoms. The summed E-state index contributed by atoms with van der Waals surface area (Å²) in [5, 5.41) is 0. The minimum absolute atomic E-state index is 0.00295. The molecular formula is C25H42O2P. The Kier molecular flexibility index (Phi) is 10.1. The van der Waals surface area contributed by atoms with Gasteiger partial charge in [-0.05, 0) is 62.5 Å². The Morgan fingerprint density at radius 3 is 2.11 bits per heavy atom. The average molecular weight is 406 g/mol. The first-order valence-electron chi connectivity index (χ1n) is 11.0. The van der Waals surface area contributed by atoms with Crippen molar-refractivity contribution in [3.8, 4) is 0 Å². The van der Waals surface area contributed by atoms with Crippen molar-refractivity contribution in [1.82, 2.24) is 0 Å². The van der Waals surface area contributed by atoms with Gasteiger partial charge in [0.2, 0.25) is 5.52 Å². The van der Waals surface area contributed by atoms with Crippen LogP contribution in [-0.4, -0.2) is 11.2 Å². The number of aryl methyl sites for hydroxylation is 3. The molecule has 0 aliphatic carbocycles. The van der Waals surface area contributed by atoms with E-state index in [1.54, 1.807) is 0 Å². The molecule has 2 nitrogen and oxygen atoms in total. The van der Waals surface area contributed by atoms with Gasteiger partial charge in [-0.2, -0.15) is 0 Å². The summed E-state index contributed by atoms with van der Waals surface area (Å²) >= 11 is 0. The van der Waals surface area contributed by atoms with Crippen LogP contribution in [0, 0.1) is 32.1 Å². The maximum Gasteiger partial charge on any atom is 0.242 e. The normalized spacial score (nSPS) is 14.6. The molecule has 1 radical (unpaired) electrons. The lowest BCUT2D eigenvalue weighted by Gasteiger charge is -2.26. The van der Waals surface area contributed by atoms with E-state index in [-0.39, 0.29) is 16.6 Å². The van der Waals surface area contributed by atoms with Gasteiger partial charge in [-0.3, -0.25) is 9.36 Å². The molecule has 0 heterocycles. The number of carbonyl (C=O) groups excluding carboxylic acids is 1. The number of rotatable bonds is 11. The highest BCUT2D eigenvalue weighted by atomic mass is 31.1. The predicted molar refractivity (Wildman–Crippen MR) is 123 cm³/mol. The van der Waals surface area contributed by atoms with Crippen LogP contribution >= 0.6 is 7.80 Å². The predicted octanol–water partition coefficient (Wildman–Crippen LogP) is 8.38. The fraction of sp³-hybridized carbons (Fsp3) is 0.720. The second-order valence-corrected chi connectivity index (χ2v) is 11.8. The lowest BCUT2D eigenvalue weighted by molar-refractivity contribution is 0.107. The van der Waals surface area contributed by atoms with E-state index >= 15 is 0 Å². The second-order valence-electron chi connectivity index (χ2n) is 10.0. The number of benzene rings is 1. The lowest BCUT2D eigenvalue weighted by atomic mass is 9.83. The van der Waals surface area contributed by atoms with E-state index in [2.05, 4.69) is 34.6 Å². The molecule has 0 N–H and O–H groups in total. The molecule has 3 atom stereocenters. The largest absolute Gasteiger partial charge is 0.281 e. The minimum atomic E-state index is -1.91. The quantitative estimate of drug-likeness (QED) is 0.274. The molecule has 0 aliphatic rings. The van der Waals surface area contributed by atoms with Gasteiger partial charge >= 0.3 is 0 Å². The first-order chi connectivity index (χ1) is 13.0. The maximum atomic E-state index is 13.4. The van der Waals surface area contributed by atoms with Crippen LogP contribution < -0.4 is 0 Å². The molecule has 0 saturated heterocycles. The van der Waals surface area contributed by atoms with Gasteiger partial charge in [0.15, 0.2) is 0 Å². The van der Waals surface area contributed by atoms with E-state index in [1.807, 2.05) is 32.9 Å². The highest BCUT2D eigenvalue weighted by Crippen LogP contribution is 2.42. The lowest BCUT2D eigenvalue weighted by Crippen LogP contribution is -2.17. The van der Waals surface area contributed by atoms with E-state index in [1.165, 1.54) is 19.3 Å². The molecule has 0 amide bonds. The van der Waals surface area contributed by atoms with Crippen LogP contribution in [0.3, 0.4) is 0 Å². The van der Waals surface area contributed by atoms with Gasteiger partial charge in [0.1, 0.15) is 7.80 Å². The van der Waals surface area contributed by atoms with Gasteiger partial charge in [-0.1, -0.05) is 78.0 Å². The first-order valence-corrected chi connectivity index (χ1v) is 12.4. The number of hydrogen-bond donors (Lipinski definition) is 0. The van der Waals surface area contributed by atoms with Crippen molar-refractivity contribution in [3.05, 3.63) is 34.4 Å². The Morgan fingerprint density at radius 2 is 1.61 bits per heavy atom. The van der Waals surface area contributed by atoms with Crippen molar-refractivity contribution in [3.63, 3.8) is 0 Å². The van der Waals surface area contributed by atoms with Crippen LogP contribution in [0.1, 0.15) is 107 Å². The Hall–Kier alpha value is -1.01. The SMILES string of the molecule is CCCCCCC(CC(C)CC(C)(C)C)[P](=O)C(=O)c1c(C)cc(C)cc1C. The van der Waals surface area contributed by atoms with Crippen molar-refractivity contribution in [2.75, 3.05) is 0 Å². The summed E-state index contributed by atoms with van der Waals surface area (Å²) in [5.41, 5.74) is 3.87. The molecule has 1 aromatic carbocycles. The molecule has 0 fully saturated rings. The smallest absolute Gasteiger partial charge is 0.242 e. The Morgan fingerprint density at radius 1 is 1.04 bits per heavy atom. The summed E-state index contributed by atoms with van der Waals surface area (Å²) in [5.74, 6) is 0.475. The monoisotopic (exact) mass is 405 g/mol. The van der Waals surface area contributed by atoms with Crippen LogP contribution in [-0.2, 0) is 4.57 Å². The maximum absolute atomic E-state index is 13.4. The number of hydrogen-bond acceptors (Lipinski definition) is 2. The summed E-state index contributed by atoms with van der Waals surface area (Å²) in [7, 11) is -1.91. The third-order valence-corrected chi connectivity index (χ3v) is 7.21. The molecule has 3 heteroatoms. The molecule has 0 aromatic heterocycles. The van der Waals surface area contributed by atoms with Crippen LogP contribution in [0.25, 0.3) is 0 Å². The fourth-order valence-corrected chi connectivity index (χ4v) is 6.40. The molecule has 0 saturated carbocycles. The van der Waals surface area contributed by atoms with Gasteiger partial charge < -0.3 is 0 Å². The third kappa shape index (κ3) is 8.16. The summed E-state index contributed by atoms with van der Waals surface area (Å²) < 4.78 is 13.4. The van der Waals surface area contributed by atoms with Crippen molar-refractivity contribution in [2.24, 2.45) is 11.3 Å². The van der Waals surface area contributed by atoms with Crippen LogP contribution in [0.5, 0.6) is 0 Å². The minimum Gasteiger partial charge on any atom is -0.281 e. The van der Waals surface area contributed by atoms with Crippen LogP contribution in [0.2, 0.25) is 0 Å². The summed E-state index contributed by atoms with van der Waals surface area (Å²) in [6, 6.07) is 4.06. The van der Waals surface area contributed by atoms with E-state index in [0.717, 1.165) is 42.4 Å². The van der Waals surface area contributed by atoms with E-state index in [9.17, 15) is 9.36 Å². The van der Waals surface area contributed by atoms with Gasteiger partial charge in [-0.25, -0.2) is 0 Å². The van der Waals surface area contributed by atoms with Crippen LogP contribution in [0.4, 0.5) is 0 Å².